The van der Waals surface area contributed by atoms with E-state index in [2.05, 4.69) is 55.0 Å². The molecule has 1 aromatic carbocycles. The standard InChI is InChI=1S/C21H30N4O2/c1-15-6-8-18(9-7-15)20-12-19(22-23(20)4)21(26)24-13-16(2)25(10-11-27-5)17(3)14-24/h6-9,12,16-17H,10-11,13-14H2,1-5H3. The lowest BCUT2D eigenvalue weighted by Crippen LogP contribution is -2.58. The second-order valence-electron chi connectivity index (χ2n) is 7.54. The topological polar surface area (TPSA) is 50.6 Å². The van der Waals surface area contributed by atoms with Gasteiger partial charge in [0.2, 0.25) is 0 Å². The third-order valence-corrected chi connectivity index (χ3v) is 5.39. The first kappa shape index (κ1) is 19.6. The maximum atomic E-state index is 13.1. The Kier molecular flexibility index (Phi) is 5.97. The van der Waals surface area contributed by atoms with Gasteiger partial charge in [-0.25, -0.2) is 0 Å². The molecule has 0 bridgehead atoms. The molecule has 0 aliphatic carbocycles. The SMILES string of the molecule is COCCN1C(C)CN(C(=O)c2cc(-c3ccc(C)cc3)n(C)n2)CC1C. The average molecular weight is 370 g/mol. The highest BCUT2D eigenvalue weighted by Gasteiger charge is 2.32. The van der Waals surface area contributed by atoms with Crippen LogP contribution in [0.4, 0.5) is 0 Å². The number of aromatic nitrogens is 2. The van der Waals surface area contributed by atoms with Gasteiger partial charge in [0, 0.05) is 45.9 Å². The van der Waals surface area contributed by atoms with E-state index in [1.807, 2.05) is 18.0 Å². The van der Waals surface area contributed by atoms with Crippen molar-refractivity contribution in [3.8, 4) is 11.3 Å². The Bertz CT molecular complexity index is 772. The van der Waals surface area contributed by atoms with Gasteiger partial charge in [0.1, 0.15) is 0 Å². The summed E-state index contributed by atoms with van der Waals surface area (Å²) in [4.78, 5) is 17.4. The van der Waals surface area contributed by atoms with Gasteiger partial charge in [-0.15, -0.1) is 0 Å². The van der Waals surface area contributed by atoms with Gasteiger partial charge in [-0.1, -0.05) is 29.8 Å². The van der Waals surface area contributed by atoms with Gasteiger partial charge in [-0.3, -0.25) is 14.4 Å². The van der Waals surface area contributed by atoms with E-state index in [0.717, 1.165) is 17.8 Å². The number of aryl methyl sites for hydroxylation is 2. The summed E-state index contributed by atoms with van der Waals surface area (Å²) >= 11 is 0. The molecule has 6 nitrogen and oxygen atoms in total. The van der Waals surface area contributed by atoms with E-state index in [0.29, 0.717) is 37.5 Å². The summed E-state index contributed by atoms with van der Waals surface area (Å²) in [6.07, 6.45) is 0. The minimum absolute atomic E-state index is 0.00838. The van der Waals surface area contributed by atoms with Crippen molar-refractivity contribution < 1.29 is 9.53 Å². The monoisotopic (exact) mass is 370 g/mol. The smallest absolute Gasteiger partial charge is 0.274 e. The van der Waals surface area contributed by atoms with E-state index < -0.39 is 0 Å². The Labute approximate surface area is 161 Å². The summed E-state index contributed by atoms with van der Waals surface area (Å²) in [5.74, 6) is 0.00838. The predicted molar refractivity (Wildman–Crippen MR) is 107 cm³/mol. The molecule has 0 radical (unpaired) electrons. The van der Waals surface area contributed by atoms with Gasteiger partial charge in [0.15, 0.2) is 5.69 Å². The van der Waals surface area contributed by atoms with Gasteiger partial charge >= 0.3 is 0 Å². The van der Waals surface area contributed by atoms with Crippen LogP contribution in [0.3, 0.4) is 0 Å². The molecule has 1 aliphatic heterocycles. The summed E-state index contributed by atoms with van der Waals surface area (Å²) in [7, 11) is 3.61. The predicted octanol–water partition coefficient (Wildman–Crippen LogP) is 2.58. The van der Waals surface area contributed by atoms with Crippen LogP contribution in [0.2, 0.25) is 0 Å². The zero-order chi connectivity index (χ0) is 19.6. The Balaban J connectivity index is 1.75. The summed E-state index contributed by atoms with van der Waals surface area (Å²) in [6, 6.07) is 10.8. The second kappa shape index (κ2) is 8.23. The Morgan fingerprint density at radius 2 is 1.81 bits per heavy atom. The van der Waals surface area contributed by atoms with E-state index >= 15 is 0 Å². The van der Waals surface area contributed by atoms with Crippen molar-refractivity contribution >= 4 is 5.91 Å². The van der Waals surface area contributed by atoms with Crippen LogP contribution in [0.5, 0.6) is 0 Å². The highest BCUT2D eigenvalue weighted by molar-refractivity contribution is 5.93. The summed E-state index contributed by atoms with van der Waals surface area (Å²) in [5.41, 5.74) is 3.75. The lowest BCUT2D eigenvalue weighted by molar-refractivity contribution is 0.0190. The van der Waals surface area contributed by atoms with Crippen molar-refractivity contribution in [3.05, 3.63) is 41.6 Å². The number of benzene rings is 1. The first-order chi connectivity index (χ1) is 12.9. The van der Waals surface area contributed by atoms with Crippen molar-refractivity contribution in [2.24, 2.45) is 7.05 Å². The van der Waals surface area contributed by atoms with E-state index in [1.165, 1.54) is 5.56 Å². The molecule has 0 saturated carbocycles. The summed E-state index contributed by atoms with van der Waals surface area (Å²) in [5, 5.41) is 4.50. The van der Waals surface area contributed by atoms with Crippen LogP contribution in [0.25, 0.3) is 11.3 Å². The van der Waals surface area contributed by atoms with Crippen LogP contribution in [0, 0.1) is 6.92 Å². The van der Waals surface area contributed by atoms with Crippen LogP contribution in [0.15, 0.2) is 30.3 Å². The number of amides is 1. The Hall–Kier alpha value is -2.18. The third-order valence-electron chi connectivity index (χ3n) is 5.39. The minimum Gasteiger partial charge on any atom is -0.383 e. The molecule has 2 aromatic rings. The zero-order valence-corrected chi connectivity index (χ0v) is 17.0. The molecule has 1 saturated heterocycles. The van der Waals surface area contributed by atoms with E-state index in [9.17, 15) is 4.79 Å². The van der Waals surface area contributed by atoms with Crippen LogP contribution < -0.4 is 0 Å². The van der Waals surface area contributed by atoms with E-state index in [1.54, 1.807) is 11.8 Å². The number of piperazine rings is 1. The Morgan fingerprint density at radius 1 is 1.19 bits per heavy atom. The first-order valence-corrected chi connectivity index (χ1v) is 9.55. The molecule has 0 N–H and O–H groups in total. The molecule has 2 heterocycles. The largest absolute Gasteiger partial charge is 0.383 e. The van der Waals surface area contributed by atoms with Gasteiger partial charge in [0.05, 0.1) is 12.3 Å². The van der Waals surface area contributed by atoms with Crippen molar-refractivity contribution in [1.82, 2.24) is 19.6 Å². The normalized spacial score (nSPS) is 20.9. The lowest BCUT2D eigenvalue weighted by atomic mass is 10.1. The first-order valence-electron chi connectivity index (χ1n) is 9.55. The minimum atomic E-state index is 0.00838. The molecule has 146 valence electrons. The molecule has 6 heteroatoms. The molecule has 0 spiro atoms. The fourth-order valence-corrected chi connectivity index (χ4v) is 3.89. The molecule has 1 fully saturated rings. The quantitative estimate of drug-likeness (QED) is 0.812. The number of nitrogens with zero attached hydrogens (tertiary/aromatic N) is 4. The molecule has 1 amide bonds. The van der Waals surface area contributed by atoms with Crippen molar-refractivity contribution in [2.45, 2.75) is 32.9 Å². The number of methoxy groups -OCH3 is 1. The fraction of sp³-hybridized carbons (Fsp3) is 0.524. The number of carbonyl (C=O) groups excluding carboxylic acids is 1. The fourth-order valence-electron chi connectivity index (χ4n) is 3.89. The molecule has 3 rings (SSSR count). The van der Waals surface area contributed by atoms with Crippen LogP contribution in [-0.4, -0.2) is 70.9 Å². The van der Waals surface area contributed by atoms with Crippen molar-refractivity contribution in [2.75, 3.05) is 33.4 Å². The Morgan fingerprint density at radius 3 is 2.41 bits per heavy atom. The molecular weight excluding hydrogens is 340 g/mol. The number of hydrogen-bond donors (Lipinski definition) is 0. The number of carbonyl (C=O) groups is 1. The van der Waals surface area contributed by atoms with Crippen LogP contribution in [-0.2, 0) is 11.8 Å². The molecule has 2 unspecified atom stereocenters. The number of rotatable bonds is 5. The summed E-state index contributed by atoms with van der Waals surface area (Å²) < 4.78 is 7.01. The second-order valence-corrected chi connectivity index (χ2v) is 7.54. The summed E-state index contributed by atoms with van der Waals surface area (Å²) in [6.45, 7) is 9.43. The van der Waals surface area contributed by atoms with Crippen LogP contribution >= 0.6 is 0 Å². The van der Waals surface area contributed by atoms with Crippen molar-refractivity contribution in [3.63, 3.8) is 0 Å². The van der Waals surface area contributed by atoms with Gasteiger partial charge < -0.3 is 9.64 Å². The average Bonchev–Trinajstić information content (AvgIpc) is 3.02. The molecule has 1 aliphatic rings. The maximum absolute atomic E-state index is 13.1. The molecule has 2 atom stereocenters. The third kappa shape index (κ3) is 4.22. The maximum Gasteiger partial charge on any atom is 0.274 e. The van der Waals surface area contributed by atoms with Gasteiger partial charge in [-0.05, 0) is 32.4 Å². The molecule has 1 aromatic heterocycles. The molecular formula is C21H30N4O2. The highest BCUT2D eigenvalue weighted by atomic mass is 16.5. The van der Waals surface area contributed by atoms with Gasteiger partial charge in [0.25, 0.3) is 5.91 Å². The van der Waals surface area contributed by atoms with Crippen LogP contribution in [0.1, 0.15) is 29.9 Å². The zero-order valence-electron chi connectivity index (χ0n) is 17.0. The van der Waals surface area contributed by atoms with E-state index in [4.69, 9.17) is 4.74 Å². The van der Waals surface area contributed by atoms with E-state index in [-0.39, 0.29) is 5.91 Å². The molecule has 27 heavy (non-hydrogen) atoms. The highest BCUT2D eigenvalue weighted by Crippen LogP contribution is 2.23. The van der Waals surface area contributed by atoms with Crippen molar-refractivity contribution in [1.29, 1.82) is 0 Å². The number of ether oxygens (including phenoxy) is 1. The lowest BCUT2D eigenvalue weighted by Gasteiger charge is -2.44. The number of hydrogen-bond acceptors (Lipinski definition) is 4. The van der Waals surface area contributed by atoms with Gasteiger partial charge in [-0.2, -0.15) is 5.10 Å².